The molecule has 0 aliphatic carbocycles. The Balaban J connectivity index is 2.26. The van der Waals surface area contributed by atoms with Gasteiger partial charge in [-0.15, -0.1) is 0 Å². The molecule has 0 aromatic heterocycles. The second-order valence-electron chi connectivity index (χ2n) is 5.77. The molecule has 1 N–H and O–H groups in total. The highest BCUT2D eigenvalue weighted by atomic mass is 16.6. The lowest BCUT2D eigenvalue weighted by atomic mass is 9.80. The largest absolute Gasteiger partial charge is 0.273 e. The molecule has 1 amide bonds. The van der Waals surface area contributed by atoms with Crippen LogP contribution in [0.2, 0.25) is 0 Å². The number of carbonyl (C=O) groups excluding carboxylic acids is 1. The summed E-state index contributed by atoms with van der Waals surface area (Å²) in [5.74, 6) is 0.256. The quantitative estimate of drug-likeness (QED) is 0.813. The lowest BCUT2D eigenvalue weighted by Gasteiger charge is -2.26. The highest BCUT2D eigenvalue weighted by molar-refractivity contribution is 5.75. The Kier molecular flexibility index (Phi) is 5.35. The van der Waals surface area contributed by atoms with Crippen molar-refractivity contribution in [3.8, 4) is 0 Å². The predicted octanol–water partition coefficient (Wildman–Crippen LogP) is 3.31. The summed E-state index contributed by atoms with van der Waals surface area (Å²) in [5.41, 5.74) is 3.67. The maximum absolute atomic E-state index is 11.7. The van der Waals surface area contributed by atoms with Crippen molar-refractivity contribution in [1.82, 2.24) is 5.48 Å². The Labute approximate surface area is 109 Å². The SMILES string of the molecule is CC(CC(=O)NOCc1ccccc1)C(C)(C)C. The Hall–Kier alpha value is -1.35. The van der Waals surface area contributed by atoms with Crippen LogP contribution >= 0.6 is 0 Å². The molecule has 1 unspecified atom stereocenters. The van der Waals surface area contributed by atoms with Crippen molar-refractivity contribution in [2.24, 2.45) is 11.3 Å². The molecule has 1 aromatic carbocycles. The van der Waals surface area contributed by atoms with Crippen molar-refractivity contribution in [3.63, 3.8) is 0 Å². The fourth-order valence-corrected chi connectivity index (χ4v) is 1.40. The summed E-state index contributed by atoms with van der Waals surface area (Å²) >= 11 is 0. The van der Waals surface area contributed by atoms with Gasteiger partial charge in [0.25, 0.3) is 0 Å². The third-order valence-electron chi connectivity index (χ3n) is 3.24. The van der Waals surface area contributed by atoms with Gasteiger partial charge in [-0.1, -0.05) is 58.0 Å². The summed E-state index contributed by atoms with van der Waals surface area (Å²) in [7, 11) is 0. The smallest absolute Gasteiger partial charge is 0.243 e. The lowest BCUT2D eigenvalue weighted by molar-refractivity contribution is -0.136. The van der Waals surface area contributed by atoms with E-state index in [-0.39, 0.29) is 11.3 Å². The monoisotopic (exact) mass is 249 g/mol. The van der Waals surface area contributed by atoms with Crippen molar-refractivity contribution in [2.45, 2.75) is 40.7 Å². The maximum atomic E-state index is 11.7. The van der Waals surface area contributed by atoms with Gasteiger partial charge in [-0.05, 0) is 16.9 Å². The van der Waals surface area contributed by atoms with E-state index in [9.17, 15) is 4.79 Å². The number of hydroxylamine groups is 1. The molecule has 0 bridgehead atoms. The minimum absolute atomic E-state index is 0.0617. The van der Waals surface area contributed by atoms with E-state index in [1.54, 1.807) is 0 Å². The molecule has 0 saturated heterocycles. The zero-order chi connectivity index (χ0) is 13.6. The van der Waals surface area contributed by atoms with E-state index in [4.69, 9.17) is 4.84 Å². The van der Waals surface area contributed by atoms with Crippen molar-refractivity contribution >= 4 is 5.91 Å². The summed E-state index contributed by atoms with van der Waals surface area (Å²) in [6.07, 6.45) is 0.484. The van der Waals surface area contributed by atoms with E-state index >= 15 is 0 Å². The van der Waals surface area contributed by atoms with Gasteiger partial charge in [0.2, 0.25) is 5.91 Å². The molecule has 0 aliphatic rings. The highest BCUT2D eigenvalue weighted by Gasteiger charge is 2.22. The zero-order valence-corrected chi connectivity index (χ0v) is 11.7. The first-order valence-corrected chi connectivity index (χ1v) is 6.34. The van der Waals surface area contributed by atoms with E-state index in [2.05, 4.69) is 33.2 Å². The van der Waals surface area contributed by atoms with Crippen LogP contribution in [0.25, 0.3) is 0 Å². The molecule has 100 valence electrons. The van der Waals surface area contributed by atoms with Gasteiger partial charge in [0.1, 0.15) is 0 Å². The molecular weight excluding hydrogens is 226 g/mol. The van der Waals surface area contributed by atoms with E-state index in [0.29, 0.717) is 18.9 Å². The average Bonchev–Trinajstić information content (AvgIpc) is 2.29. The first-order chi connectivity index (χ1) is 8.39. The minimum atomic E-state index is -0.0617. The molecule has 18 heavy (non-hydrogen) atoms. The van der Waals surface area contributed by atoms with E-state index in [1.165, 1.54) is 0 Å². The molecule has 0 radical (unpaired) electrons. The number of carbonyl (C=O) groups is 1. The summed E-state index contributed by atoms with van der Waals surface area (Å²) in [6, 6.07) is 9.77. The standard InChI is InChI=1S/C15H23NO2/c1-12(15(2,3)4)10-14(17)16-18-11-13-8-6-5-7-9-13/h5-9,12H,10-11H2,1-4H3,(H,16,17). The van der Waals surface area contributed by atoms with Crippen LogP contribution in [0.1, 0.15) is 39.7 Å². The molecule has 0 fully saturated rings. The number of rotatable bonds is 5. The first-order valence-electron chi connectivity index (χ1n) is 6.34. The van der Waals surface area contributed by atoms with Crippen LogP contribution in [0.4, 0.5) is 0 Å². The van der Waals surface area contributed by atoms with Crippen molar-refractivity contribution in [3.05, 3.63) is 35.9 Å². The van der Waals surface area contributed by atoms with E-state index in [0.717, 1.165) is 5.56 Å². The molecule has 0 spiro atoms. The second kappa shape index (κ2) is 6.55. The Morgan fingerprint density at radius 1 is 1.28 bits per heavy atom. The fourth-order valence-electron chi connectivity index (χ4n) is 1.40. The van der Waals surface area contributed by atoms with Crippen molar-refractivity contribution < 1.29 is 9.63 Å². The minimum Gasteiger partial charge on any atom is -0.273 e. The fraction of sp³-hybridized carbons (Fsp3) is 0.533. The van der Waals surface area contributed by atoms with Crippen LogP contribution in [0, 0.1) is 11.3 Å². The second-order valence-corrected chi connectivity index (χ2v) is 5.77. The molecule has 0 heterocycles. The molecule has 1 rings (SSSR count). The van der Waals surface area contributed by atoms with Gasteiger partial charge in [0, 0.05) is 6.42 Å². The Morgan fingerprint density at radius 3 is 2.44 bits per heavy atom. The van der Waals surface area contributed by atoms with Crippen molar-refractivity contribution in [1.29, 1.82) is 0 Å². The van der Waals surface area contributed by atoms with Crippen molar-refractivity contribution in [2.75, 3.05) is 0 Å². The van der Waals surface area contributed by atoms with Crippen LogP contribution in [-0.4, -0.2) is 5.91 Å². The number of amides is 1. The molecule has 3 nitrogen and oxygen atoms in total. The summed E-state index contributed by atoms with van der Waals surface area (Å²) in [4.78, 5) is 16.8. The van der Waals surface area contributed by atoms with Crippen LogP contribution in [-0.2, 0) is 16.2 Å². The van der Waals surface area contributed by atoms with Gasteiger partial charge in [0.15, 0.2) is 0 Å². The highest BCUT2D eigenvalue weighted by Crippen LogP contribution is 2.27. The van der Waals surface area contributed by atoms with Crippen LogP contribution in [0.5, 0.6) is 0 Å². The topological polar surface area (TPSA) is 38.3 Å². The molecule has 1 aromatic rings. The van der Waals surface area contributed by atoms with Gasteiger partial charge in [-0.2, -0.15) is 0 Å². The van der Waals surface area contributed by atoms with E-state index < -0.39 is 0 Å². The molecule has 3 heteroatoms. The lowest BCUT2D eigenvalue weighted by Crippen LogP contribution is -2.29. The van der Waals surface area contributed by atoms with Gasteiger partial charge in [-0.3, -0.25) is 9.63 Å². The maximum Gasteiger partial charge on any atom is 0.243 e. The van der Waals surface area contributed by atoms with Crippen LogP contribution in [0.15, 0.2) is 30.3 Å². The van der Waals surface area contributed by atoms with Crippen LogP contribution in [0.3, 0.4) is 0 Å². The summed E-state index contributed by atoms with van der Waals surface area (Å²) < 4.78 is 0. The molecule has 0 aliphatic heterocycles. The van der Waals surface area contributed by atoms with Gasteiger partial charge >= 0.3 is 0 Å². The van der Waals surface area contributed by atoms with E-state index in [1.807, 2.05) is 30.3 Å². The number of hydrogen-bond acceptors (Lipinski definition) is 2. The third-order valence-corrected chi connectivity index (χ3v) is 3.24. The van der Waals surface area contributed by atoms with Gasteiger partial charge < -0.3 is 0 Å². The number of nitrogens with one attached hydrogen (secondary N) is 1. The van der Waals surface area contributed by atoms with Gasteiger partial charge in [-0.25, -0.2) is 5.48 Å². The number of hydrogen-bond donors (Lipinski definition) is 1. The number of benzene rings is 1. The normalized spacial score (nSPS) is 13.1. The first kappa shape index (κ1) is 14.7. The molecule has 1 atom stereocenters. The third kappa shape index (κ3) is 5.32. The van der Waals surface area contributed by atoms with Crippen LogP contribution < -0.4 is 5.48 Å². The predicted molar refractivity (Wildman–Crippen MR) is 72.6 cm³/mol. The van der Waals surface area contributed by atoms with Gasteiger partial charge in [0.05, 0.1) is 6.61 Å². The Morgan fingerprint density at radius 2 is 1.89 bits per heavy atom. The Bertz CT molecular complexity index is 368. The molecular formula is C15H23NO2. The molecule has 0 saturated carbocycles. The summed E-state index contributed by atoms with van der Waals surface area (Å²) in [6.45, 7) is 8.88. The average molecular weight is 249 g/mol. The zero-order valence-electron chi connectivity index (χ0n) is 11.7. The summed E-state index contributed by atoms with van der Waals surface area (Å²) in [5, 5.41) is 0.